The fourth-order valence-electron chi connectivity index (χ4n) is 1.13. The van der Waals surface area contributed by atoms with Crippen molar-refractivity contribution >= 4 is 0 Å². The maximum atomic E-state index is 5.12. The highest BCUT2D eigenvalue weighted by Crippen LogP contribution is 2.15. The second kappa shape index (κ2) is 5.31. The smallest absolute Gasteiger partial charge is 0.119 e. The minimum Gasteiger partial charge on any atom is -0.497 e. The molecular formula is C12H15NO. The zero-order valence-electron chi connectivity index (χ0n) is 8.85. The molecule has 0 fully saturated rings. The molecule has 0 amide bonds. The van der Waals surface area contributed by atoms with Crippen molar-refractivity contribution in [1.29, 1.82) is 0 Å². The highest BCUT2D eigenvalue weighted by molar-refractivity contribution is 5.44. The zero-order chi connectivity index (χ0) is 10.4. The van der Waals surface area contributed by atoms with Gasteiger partial charge in [-0.3, -0.25) is 0 Å². The maximum Gasteiger partial charge on any atom is 0.119 e. The Morgan fingerprint density at radius 1 is 1.43 bits per heavy atom. The van der Waals surface area contributed by atoms with Crippen molar-refractivity contribution in [3.8, 4) is 17.6 Å². The third-order valence-electron chi connectivity index (χ3n) is 1.92. The quantitative estimate of drug-likeness (QED) is 0.713. The van der Waals surface area contributed by atoms with Crippen LogP contribution in [0.4, 0.5) is 0 Å². The van der Waals surface area contributed by atoms with Gasteiger partial charge in [0, 0.05) is 5.56 Å². The van der Waals surface area contributed by atoms with Crippen molar-refractivity contribution in [3.05, 3.63) is 29.3 Å². The molecule has 0 spiro atoms. The van der Waals surface area contributed by atoms with E-state index in [0.29, 0.717) is 6.54 Å². The maximum absolute atomic E-state index is 5.12. The molecule has 0 bridgehead atoms. The summed E-state index contributed by atoms with van der Waals surface area (Å²) in [5.74, 6) is 7.00. The van der Waals surface area contributed by atoms with Crippen LogP contribution < -0.4 is 10.1 Å². The molecule has 0 aromatic heterocycles. The lowest BCUT2D eigenvalue weighted by Crippen LogP contribution is -2.04. The van der Waals surface area contributed by atoms with Crippen LogP contribution in [0.1, 0.15) is 11.1 Å². The van der Waals surface area contributed by atoms with Gasteiger partial charge in [-0.05, 0) is 37.7 Å². The molecule has 0 aliphatic heterocycles. The first-order valence-electron chi connectivity index (χ1n) is 4.56. The Morgan fingerprint density at radius 2 is 2.21 bits per heavy atom. The number of nitrogens with one attached hydrogen (secondary N) is 1. The number of rotatable bonds is 2. The van der Waals surface area contributed by atoms with Crippen molar-refractivity contribution in [1.82, 2.24) is 5.32 Å². The van der Waals surface area contributed by atoms with E-state index in [1.54, 1.807) is 7.11 Å². The predicted molar refractivity (Wildman–Crippen MR) is 58.5 cm³/mol. The van der Waals surface area contributed by atoms with Crippen molar-refractivity contribution in [2.45, 2.75) is 6.92 Å². The summed E-state index contributed by atoms with van der Waals surface area (Å²) in [7, 11) is 3.55. The summed E-state index contributed by atoms with van der Waals surface area (Å²) in [5, 5.41) is 2.98. The fraction of sp³-hybridized carbons (Fsp3) is 0.333. The molecule has 0 radical (unpaired) electrons. The summed E-state index contributed by atoms with van der Waals surface area (Å²) in [4.78, 5) is 0. The Kier molecular flexibility index (Phi) is 4.03. The van der Waals surface area contributed by atoms with Crippen LogP contribution >= 0.6 is 0 Å². The molecule has 2 nitrogen and oxygen atoms in total. The highest BCUT2D eigenvalue weighted by Gasteiger charge is 1.96. The van der Waals surface area contributed by atoms with Crippen LogP contribution in [0.2, 0.25) is 0 Å². The van der Waals surface area contributed by atoms with Gasteiger partial charge in [0.15, 0.2) is 0 Å². The highest BCUT2D eigenvalue weighted by atomic mass is 16.5. The van der Waals surface area contributed by atoms with Gasteiger partial charge in [-0.25, -0.2) is 0 Å². The van der Waals surface area contributed by atoms with E-state index in [9.17, 15) is 0 Å². The van der Waals surface area contributed by atoms with Gasteiger partial charge in [0.05, 0.1) is 13.7 Å². The molecule has 0 aliphatic carbocycles. The Bertz CT molecular complexity index is 360. The van der Waals surface area contributed by atoms with E-state index in [1.807, 2.05) is 32.2 Å². The van der Waals surface area contributed by atoms with E-state index in [2.05, 4.69) is 17.2 Å². The second-order valence-corrected chi connectivity index (χ2v) is 3.01. The third-order valence-corrected chi connectivity index (χ3v) is 1.92. The minimum atomic E-state index is 0.714. The number of aryl methyl sites for hydroxylation is 1. The van der Waals surface area contributed by atoms with Gasteiger partial charge >= 0.3 is 0 Å². The number of hydrogen-bond acceptors (Lipinski definition) is 2. The van der Waals surface area contributed by atoms with E-state index in [4.69, 9.17) is 4.74 Å². The number of ether oxygens (including phenoxy) is 1. The molecule has 1 N–H and O–H groups in total. The fourth-order valence-corrected chi connectivity index (χ4v) is 1.13. The van der Waals surface area contributed by atoms with E-state index in [-0.39, 0.29) is 0 Å². The van der Waals surface area contributed by atoms with Crippen molar-refractivity contribution in [2.75, 3.05) is 20.7 Å². The number of methoxy groups -OCH3 is 1. The van der Waals surface area contributed by atoms with Gasteiger partial charge in [-0.15, -0.1) is 0 Å². The lowest BCUT2D eigenvalue weighted by molar-refractivity contribution is 0.414. The molecule has 0 heterocycles. The molecule has 74 valence electrons. The van der Waals surface area contributed by atoms with Crippen molar-refractivity contribution in [3.63, 3.8) is 0 Å². The van der Waals surface area contributed by atoms with E-state index in [1.165, 1.54) is 0 Å². The van der Waals surface area contributed by atoms with Gasteiger partial charge in [0.25, 0.3) is 0 Å². The Morgan fingerprint density at radius 3 is 2.79 bits per heavy atom. The molecule has 0 atom stereocenters. The summed E-state index contributed by atoms with van der Waals surface area (Å²) in [6.07, 6.45) is 0. The van der Waals surface area contributed by atoms with Crippen molar-refractivity contribution in [2.24, 2.45) is 0 Å². The average molecular weight is 189 g/mol. The van der Waals surface area contributed by atoms with E-state index >= 15 is 0 Å². The molecule has 0 unspecified atom stereocenters. The molecule has 0 aliphatic rings. The van der Waals surface area contributed by atoms with Crippen LogP contribution in [0.15, 0.2) is 18.2 Å². The molecule has 0 saturated carbocycles. The van der Waals surface area contributed by atoms with Crippen LogP contribution in [-0.4, -0.2) is 20.7 Å². The van der Waals surface area contributed by atoms with Gasteiger partial charge in [-0.2, -0.15) is 0 Å². The van der Waals surface area contributed by atoms with E-state index < -0.39 is 0 Å². The summed E-state index contributed by atoms with van der Waals surface area (Å²) < 4.78 is 5.12. The minimum absolute atomic E-state index is 0.714. The molecule has 1 aromatic rings. The lowest BCUT2D eigenvalue weighted by atomic mass is 10.1. The van der Waals surface area contributed by atoms with Crippen LogP contribution in [0.5, 0.6) is 5.75 Å². The van der Waals surface area contributed by atoms with Crippen LogP contribution in [0.25, 0.3) is 0 Å². The monoisotopic (exact) mass is 189 g/mol. The SMILES string of the molecule is CNCC#Cc1ccc(OC)cc1C. The average Bonchev–Trinajstić information content (AvgIpc) is 2.20. The van der Waals surface area contributed by atoms with Gasteiger partial charge in [-0.1, -0.05) is 11.8 Å². The summed E-state index contributed by atoms with van der Waals surface area (Å²) in [6.45, 7) is 2.75. The molecule has 14 heavy (non-hydrogen) atoms. The molecule has 1 rings (SSSR count). The standard InChI is InChI=1S/C12H15NO/c1-10-9-12(14-3)7-6-11(10)5-4-8-13-2/h6-7,9,13H,8H2,1-3H3. The largest absolute Gasteiger partial charge is 0.497 e. The topological polar surface area (TPSA) is 21.3 Å². The first-order valence-corrected chi connectivity index (χ1v) is 4.56. The summed E-state index contributed by atoms with van der Waals surface area (Å²) in [6, 6.07) is 5.90. The normalized spacial score (nSPS) is 9.07. The third kappa shape index (κ3) is 2.79. The summed E-state index contributed by atoms with van der Waals surface area (Å²) in [5.41, 5.74) is 2.20. The van der Waals surface area contributed by atoms with Crippen LogP contribution in [0.3, 0.4) is 0 Å². The number of hydrogen-bond donors (Lipinski definition) is 1. The first-order chi connectivity index (χ1) is 6.77. The number of benzene rings is 1. The first kappa shape index (κ1) is 10.6. The molecule has 1 aromatic carbocycles. The van der Waals surface area contributed by atoms with Gasteiger partial charge < -0.3 is 10.1 Å². The molecule has 2 heteroatoms. The summed E-state index contributed by atoms with van der Waals surface area (Å²) >= 11 is 0. The Balaban J connectivity index is 2.85. The van der Waals surface area contributed by atoms with Crippen molar-refractivity contribution < 1.29 is 4.74 Å². The second-order valence-electron chi connectivity index (χ2n) is 3.01. The van der Waals surface area contributed by atoms with Gasteiger partial charge in [0.2, 0.25) is 0 Å². The predicted octanol–water partition coefficient (Wildman–Crippen LogP) is 1.57. The van der Waals surface area contributed by atoms with Crippen LogP contribution in [-0.2, 0) is 0 Å². The molecule has 0 saturated heterocycles. The van der Waals surface area contributed by atoms with Crippen LogP contribution in [0, 0.1) is 18.8 Å². The Hall–Kier alpha value is -1.46. The zero-order valence-corrected chi connectivity index (χ0v) is 8.85. The lowest BCUT2D eigenvalue weighted by Gasteiger charge is -2.02. The van der Waals surface area contributed by atoms with Gasteiger partial charge in [0.1, 0.15) is 5.75 Å². The van der Waals surface area contributed by atoms with E-state index in [0.717, 1.165) is 16.9 Å². The molecular weight excluding hydrogens is 174 g/mol. The Labute approximate surface area is 85.3 Å².